The molecule has 0 aliphatic heterocycles. The summed E-state index contributed by atoms with van der Waals surface area (Å²) in [5.41, 5.74) is 1.09. The number of aliphatic hydroxyl groups is 1. The van der Waals surface area contributed by atoms with Gasteiger partial charge in [-0.1, -0.05) is 6.07 Å². The summed E-state index contributed by atoms with van der Waals surface area (Å²) in [6.07, 6.45) is 0.684. The van der Waals surface area contributed by atoms with E-state index in [0.29, 0.717) is 18.7 Å². The Bertz CT molecular complexity index is 382. The lowest BCUT2D eigenvalue weighted by atomic mass is 10.1. The van der Waals surface area contributed by atoms with Gasteiger partial charge in [0.2, 0.25) is 0 Å². The molecule has 0 radical (unpaired) electrons. The number of carbonyl (C=O) groups is 1. The number of anilines is 1. The molecule has 0 bridgehead atoms. The predicted molar refractivity (Wildman–Crippen MR) is 62.3 cm³/mol. The maximum absolute atomic E-state index is 13.5. The number of ether oxygens (including phenoxy) is 1. The molecule has 1 rings (SSSR count). The van der Waals surface area contributed by atoms with Crippen molar-refractivity contribution < 1.29 is 19.0 Å². The summed E-state index contributed by atoms with van der Waals surface area (Å²) in [7, 11) is 1.32. The third-order valence-corrected chi connectivity index (χ3v) is 2.31. The molecule has 0 heterocycles. The maximum atomic E-state index is 13.5. The quantitative estimate of drug-likeness (QED) is 0.738. The molecule has 5 heteroatoms. The lowest BCUT2D eigenvalue weighted by Gasteiger charge is -2.07. The molecule has 1 aromatic rings. The first kappa shape index (κ1) is 13.4. The van der Waals surface area contributed by atoms with Gasteiger partial charge in [-0.3, -0.25) is 4.79 Å². The Morgan fingerprint density at radius 3 is 2.88 bits per heavy atom. The fourth-order valence-corrected chi connectivity index (χ4v) is 1.40. The average Bonchev–Trinajstić information content (AvgIpc) is 2.34. The van der Waals surface area contributed by atoms with E-state index in [1.807, 2.05) is 0 Å². The number of halogens is 1. The van der Waals surface area contributed by atoms with E-state index < -0.39 is 0 Å². The minimum Gasteiger partial charge on any atom is -0.469 e. The number of aliphatic hydroxyl groups excluding tert-OH is 1. The Balaban J connectivity index is 2.58. The van der Waals surface area contributed by atoms with Crippen molar-refractivity contribution in [2.75, 3.05) is 25.6 Å². The minimum atomic E-state index is -0.388. The van der Waals surface area contributed by atoms with E-state index in [2.05, 4.69) is 10.1 Å². The van der Waals surface area contributed by atoms with Crippen LogP contribution in [0.2, 0.25) is 0 Å². The second kappa shape index (κ2) is 6.85. The molecule has 0 aliphatic carbocycles. The van der Waals surface area contributed by atoms with Crippen LogP contribution in [0.5, 0.6) is 0 Å². The second-order valence-electron chi connectivity index (χ2n) is 3.54. The normalized spacial score (nSPS) is 10.1. The number of esters is 1. The van der Waals surface area contributed by atoms with Crippen LogP contribution in [-0.4, -0.2) is 31.3 Å². The minimum absolute atomic E-state index is 0.0521. The highest BCUT2D eigenvalue weighted by Crippen LogP contribution is 2.16. The van der Waals surface area contributed by atoms with E-state index in [4.69, 9.17) is 5.11 Å². The standard InChI is InChI=1S/C12H16FNO3/c1-17-12(16)5-3-9-2-4-11(10(13)8-9)14-6-7-15/h2,4,8,14-15H,3,5-7H2,1H3. The number of carbonyl (C=O) groups excluding carboxylic acids is 1. The maximum Gasteiger partial charge on any atom is 0.305 e. The van der Waals surface area contributed by atoms with Gasteiger partial charge in [0, 0.05) is 13.0 Å². The molecule has 0 spiro atoms. The Kier molecular flexibility index (Phi) is 5.42. The van der Waals surface area contributed by atoms with Gasteiger partial charge in [-0.15, -0.1) is 0 Å². The lowest BCUT2D eigenvalue weighted by molar-refractivity contribution is -0.140. The van der Waals surface area contributed by atoms with Crippen molar-refractivity contribution >= 4 is 11.7 Å². The van der Waals surface area contributed by atoms with Crippen LogP contribution >= 0.6 is 0 Å². The van der Waals surface area contributed by atoms with Crippen molar-refractivity contribution in [1.29, 1.82) is 0 Å². The molecule has 0 fully saturated rings. The van der Waals surface area contributed by atoms with Crippen LogP contribution < -0.4 is 5.32 Å². The summed E-state index contributed by atoms with van der Waals surface area (Å²) in [5, 5.41) is 11.4. The van der Waals surface area contributed by atoms with E-state index >= 15 is 0 Å². The van der Waals surface area contributed by atoms with Gasteiger partial charge >= 0.3 is 5.97 Å². The van der Waals surface area contributed by atoms with Gasteiger partial charge in [0.15, 0.2) is 0 Å². The number of rotatable bonds is 6. The van der Waals surface area contributed by atoms with Gasteiger partial charge in [0.05, 0.1) is 19.4 Å². The zero-order valence-electron chi connectivity index (χ0n) is 9.70. The highest BCUT2D eigenvalue weighted by Gasteiger charge is 2.05. The van der Waals surface area contributed by atoms with Crippen molar-refractivity contribution in [2.24, 2.45) is 0 Å². The fraction of sp³-hybridized carbons (Fsp3) is 0.417. The first-order chi connectivity index (χ1) is 8.17. The van der Waals surface area contributed by atoms with Crippen LogP contribution in [0, 0.1) is 5.82 Å². The zero-order chi connectivity index (χ0) is 12.7. The highest BCUT2D eigenvalue weighted by molar-refractivity contribution is 5.69. The van der Waals surface area contributed by atoms with Gasteiger partial charge in [0.1, 0.15) is 5.82 Å². The van der Waals surface area contributed by atoms with Gasteiger partial charge < -0.3 is 15.2 Å². The summed E-state index contributed by atoms with van der Waals surface area (Å²) >= 11 is 0. The number of nitrogens with one attached hydrogen (secondary N) is 1. The van der Waals surface area contributed by atoms with Crippen molar-refractivity contribution in [1.82, 2.24) is 0 Å². The Hall–Kier alpha value is -1.62. The molecule has 0 unspecified atom stereocenters. The SMILES string of the molecule is COC(=O)CCc1ccc(NCCO)c(F)c1. The van der Waals surface area contributed by atoms with E-state index in [9.17, 15) is 9.18 Å². The summed E-state index contributed by atoms with van der Waals surface area (Å²) in [5.74, 6) is -0.700. The molecule has 2 N–H and O–H groups in total. The Labute approximate surface area is 99.4 Å². The van der Waals surface area contributed by atoms with Crippen LogP contribution in [0.1, 0.15) is 12.0 Å². The smallest absolute Gasteiger partial charge is 0.305 e. The van der Waals surface area contributed by atoms with Crippen LogP contribution in [0.15, 0.2) is 18.2 Å². The number of hydrogen-bond acceptors (Lipinski definition) is 4. The van der Waals surface area contributed by atoms with Crippen molar-refractivity contribution in [3.8, 4) is 0 Å². The summed E-state index contributed by atoms with van der Waals surface area (Å²) < 4.78 is 18.0. The van der Waals surface area contributed by atoms with E-state index in [0.717, 1.165) is 5.56 Å². The van der Waals surface area contributed by atoms with Gasteiger partial charge in [-0.05, 0) is 24.1 Å². The highest BCUT2D eigenvalue weighted by atomic mass is 19.1. The zero-order valence-corrected chi connectivity index (χ0v) is 9.70. The molecule has 0 amide bonds. The third kappa shape index (κ3) is 4.40. The average molecular weight is 241 g/mol. The first-order valence-corrected chi connectivity index (χ1v) is 5.37. The fourth-order valence-electron chi connectivity index (χ4n) is 1.40. The van der Waals surface area contributed by atoms with E-state index in [1.54, 1.807) is 12.1 Å². The van der Waals surface area contributed by atoms with E-state index in [1.165, 1.54) is 13.2 Å². The number of methoxy groups -OCH3 is 1. The predicted octanol–water partition coefficient (Wildman–Crippen LogP) is 1.34. The molecular formula is C12H16FNO3. The molecular weight excluding hydrogens is 225 g/mol. The molecule has 0 aliphatic rings. The number of benzene rings is 1. The Morgan fingerprint density at radius 2 is 2.29 bits per heavy atom. The monoisotopic (exact) mass is 241 g/mol. The largest absolute Gasteiger partial charge is 0.469 e. The van der Waals surface area contributed by atoms with Gasteiger partial charge in [0.25, 0.3) is 0 Å². The molecule has 0 saturated heterocycles. The Morgan fingerprint density at radius 1 is 1.53 bits per heavy atom. The molecule has 0 atom stereocenters. The lowest BCUT2D eigenvalue weighted by Crippen LogP contribution is -2.07. The first-order valence-electron chi connectivity index (χ1n) is 5.37. The van der Waals surface area contributed by atoms with Crippen LogP contribution in [0.4, 0.5) is 10.1 Å². The van der Waals surface area contributed by atoms with Crippen molar-refractivity contribution in [2.45, 2.75) is 12.8 Å². The number of aryl methyl sites for hydroxylation is 1. The van der Waals surface area contributed by atoms with Crippen LogP contribution in [0.25, 0.3) is 0 Å². The molecule has 0 saturated carbocycles. The van der Waals surface area contributed by atoms with E-state index in [-0.39, 0.29) is 24.8 Å². The third-order valence-electron chi connectivity index (χ3n) is 2.31. The second-order valence-corrected chi connectivity index (χ2v) is 3.54. The molecule has 94 valence electrons. The molecule has 17 heavy (non-hydrogen) atoms. The molecule has 4 nitrogen and oxygen atoms in total. The van der Waals surface area contributed by atoms with Gasteiger partial charge in [-0.25, -0.2) is 4.39 Å². The number of hydrogen-bond donors (Lipinski definition) is 2. The van der Waals surface area contributed by atoms with Crippen LogP contribution in [0.3, 0.4) is 0 Å². The van der Waals surface area contributed by atoms with Crippen LogP contribution in [-0.2, 0) is 16.0 Å². The molecule has 1 aromatic carbocycles. The van der Waals surface area contributed by atoms with Gasteiger partial charge in [-0.2, -0.15) is 0 Å². The summed E-state index contributed by atoms with van der Waals surface area (Å²) in [6, 6.07) is 4.71. The molecule has 0 aromatic heterocycles. The van der Waals surface area contributed by atoms with Crippen molar-refractivity contribution in [3.63, 3.8) is 0 Å². The summed E-state index contributed by atoms with van der Waals surface area (Å²) in [6.45, 7) is 0.252. The topological polar surface area (TPSA) is 58.6 Å². The van der Waals surface area contributed by atoms with Crippen molar-refractivity contribution in [3.05, 3.63) is 29.6 Å². The summed E-state index contributed by atoms with van der Waals surface area (Å²) in [4.78, 5) is 10.9.